The van der Waals surface area contributed by atoms with Crippen LogP contribution in [0.15, 0.2) is 78.2 Å². The van der Waals surface area contributed by atoms with Gasteiger partial charge in [0.1, 0.15) is 11.4 Å². The van der Waals surface area contributed by atoms with Crippen molar-refractivity contribution in [1.29, 1.82) is 0 Å². The number of carboxylic acid groups (broad SMARTS) is 1. The molecule has 254 valence electrons. The lowest BCUT2D eigenvalue weighted by molar-refractivity contribution is 0.0604. The molecule has 4 heterocycles. The molecule has 2 aliphatic heterocycles. The number of aryl methyl sites for hydroxylation is 2. The van der Waals surface area contributed by atoms with Crippen molar-refractivity contribution in [3.8, 4) is 27.3 Å². The lowest BCUT2D eigenvalue weighted by atomic mass is 9.93. The van der Waals surface area contributed by atoms with Crippen LogP contribution in [-0.4, -0.2) is 45.9 Å². The van der Waals surface area contributed by atoms with Gasteiger partial charge in [-0.15, -0.1) is 11.3 Å². The number of piperidine rings is 1. The molecule has 1 atom stereocenters. The molecule has 0 bridgehead atoms. The molecule has 5 aromatic rings. The van der Waals surface area contributed by atoms with Gasteiger partial charge >= 0.3 is 5.97 Å². The monoisotopic (exact) mass is 686 g/mol. The number of aromatic nitrogens is 1. The Morgan fingerprint density at radius 3 is 2.50 bits per heavy atom. The van der Waals surface area contributed by atoms with E-state index in [0.717, 1.165) is 57.5 Å². The van der Waals surface area contributed by atoms with Crippen LogP contribution in [0.3, 0.4) is 0 Å². The van der Waals surface area contributed by atoms with Gasteiger partial charge in [0.05, 0.1) is 12.6 Å². The van der Waals surface area contributed by atoms with Gasteiger partial charge in [-0.2, -0.15) is 0 Å². The number of hydrogen-bond acceptors (Lipinski definition) is 7. The fourth-order valence-corrected chi connectivity index (χ4v) is 8.15. The minimum Gasteiger partial charge on any atom is -0.493 e. The third-order valence-electron chi connectivity index (χ3n) is 9.61. The number of amides is 2. The maximum Gasteiger partial charge on any atom is 0.355 e. The van der Waals surface area contributed by atoms with Crippen molar-refractivity contribution in [2.45, 2.75) is 52.1 Å². The average molecular weight is 687 g/mol. The second-order valence-corrected chi connectivity index (χ2v) is 13.8. The lowest BCUT2D eigenvalue weighted by Crippen LogP contribution is -2.39. The van der Waals surface area contributed by atoms with E-state index in [9.17, 15) is 19.5 Å². The highest BCUT2D eigenvalue weighted by Gasteiger charge is 2.31. The van der Waals surface area contributed by atoms with Gasteiger partial charge < -0.3 is 25.8 Å². The van der Waals surface area contributed by atoms with E-state index < -0.39 is 11.9 Å². The Balaban J connectivity index is 1.33. The Bertz CT molecular complexity index is 2100. The van der Waals surface area contributed by atoms with Crippen LogP contribution in [0.1, 0.15) is 84.5 Å². The number of thiophene rings is 1. The van der Waals surface area contributed by atoms with E-state index in [1.165, 1.54) is 0 Å². The van der Waals surface area contributed by atoms with Crippen molar-refractivity contribution in [2.24, 2.45) is 5.73 Å². The number of pyridine rings is 1. The van der Waals surface area contributed by atoms with Crippen LogP contribution in [0.25, 0.3) is 21.6 Å². The van der Waals surface area contributed by atoms with Crippen molar-refractivity contribution in [3.63, 3.8) is 0 Å². The number of rotatable bonds is 7. The Hall–Kier alpha value is -5.32. The Morgan fingerprint density at radius 2 is 1.76 bits per heavy atom. The molecule has 9 nitrogen and oxygen atoms in total. The van der Waals surface area contributed by atoms with E-state index in [2.05, 4.69) is 16.4 Å². The zero-order valence-corrected chi connectivity index (χ0v) is 28.8. The Labute approximate surface area is 294 Å². The molecular formula is C40H38N4O5S. The topological polar surface area (TPSA) is 135 Å². The SMILES string of the molecule is Cc1cc(CN)cc(C)c1NC(=O)c1cc2c(cc1-c1ccc(C(=O)N3CCCCC3c3ccccc3)nc1C(=O)O)OCCc1ccsc1-2. The first kappa shape index (κ1) is 33.2. The number of nitrogens with two attached hydrogens (primary N) is 1. The Morgan fingerprint density at radius 1 is 0.980 bits per heavy atom. The molecule has 0 aliphatic carbocycles. The summed E-state index contributed by atoms with van der Waals surface area (Å²) in [5.41, 5.74) is 12.7. The highest BCUT2D eigenvalue weighted by atomic mass is 32.1. The summed E-state index contributed by atoms with van der Waals surface area (Å²) in [5.74, 6) is -1.49. The maximum absolute atomic E-state index is 14.3. The van der Waals surface area contributed by atoms with Crippen molar-refractivity contribution in [1.82, 2.24) is 9.88 Å². The summed E-state index contributed by atoms with van der Waals surface area (Å²) >= 11 is 1.57. The predicted octanol–water partition coefficient (Wildman–Crippen LogP) is 7.81. The van der Waals surface area contributed by atoms with Gasteiger partial charge in [0.25, 0.3) is 11.8 Å². The van der Waals surface area contributed by atoms with Crippen molar-refractivity contribution in [3.05, 3.63) is 123 Å². The molecule has 2 amide bonds. The van der Waals surface area contributed by atoms with E-state index >= 15 is 0 Å². The number of carboxylic acids is 1. The van der Waals surface area contributed by atoms with Gasteiger partial charge in [0.2, 0.25) is 0 Å². The Kier molecular flexibility index (Phi) is 9.22. The van der Waals surface area contributed by atoms with Crippen molar-refractivity contribution in [2.75, 3.05) is 18.5 Å². The summed E-state index contributed by atoms with van der Waals surface area (Å²) in [6.45, 7) is 5.19. The molecule has 4 N–H and O–H groups in total. The molecule has 2 aromatic heterocycles. The largest absolute Gasteiger partial charge is 0.493 e. The van der Waals surface area contributed by atoms with Crippen LogP contribution >= 0.6 is 11.3 Å². The number of carbonyl (C=O) groups is 3. The number of fused-ring (bicyclic) bond motifs is 3. The third kappa shape index (κ3) is 6.28. The summed E-state index contributed by atoms with van der Waals surface area (Å²) in [4.78, 5) is 48.5. The van der Waals surface area contributed by atoms with E-state index in [-0.39, 0.29) is 34.5 Å². The van der Waals surface area contributed by atoms with E-state index in [4.69, 9.17) is 10.5 Å². The molecule has 0 saturated carbocycles. The minimum absolute atomic E-state index is 0.0421. The molecule has 0 radical (unpaired) electrons. The smallest absolute Gasteiger partial charge is 0.355 e. The minimum atomic E-state index is -1.31. The summed E-state index contributed by atoms with van der Waals surface area (Å²) in [6, 6.07) is 22.4. The fourth-order valence-electron chi connectivity index (χ4n) is 7.18. The molecule has 1 unspecified atom stereocenters. The maximum atomic E-state index is 14.3. The van der Waals surface area contributed by atoms with Crippen LogP contribution in [0.4, 0.5) is 5.69 Å². The lowest BCUT2D eigenvalue weighted by Gasteiger charge is -2.36. The van der Waals surface area contributed by atoms with E-state index in [0.29, 0.717) is 43.1 Å². The number of carbonyl (C=O) groups excluding carboxylic acids is 2. The standard InChI is InChI=1S/C40H38N4O5S/c1-23-18-25(22-41)19-24(2)35(23)43-38(45)30-20-31-34(49-16-13-27-14-17-50-37(27)31)21-29(30)28-11-12-32(42-36(28)40(47)48)39(46)44-15-7-6-10-33(44)26-8-4-3-5-9-26/h3-5,8-9,11-12,14,17-21,33H,6-7,10,13,15-16,22,41H2,1-2H3,(H,43,45)(H,47,48). The van der Waals surface area contributed by atoms with Gasteiger partial charge in [-0.1, -0.05) is 42.5 Å². The molecule has 10 heteroatoms. The third-order valence-corrected chi connectivity index (χ3v) is 10.6. The second-order valence-electron chi connectivity index (χ2n) is 12.8. The van der Waals surface area contributed by atoms with Gasteiger partial charge in [0.15, 0.2) is 5.69 Å². The second kappa shape index (κ2) is 13.9. The van der Waals surface area contributed by atoms with Crippen LogP contribution in [0.5, 0.6) is 5.75 Å². The van der Waals surface area contributed by atoms with Gasteiger partial charge in [-0.05, 0) is 96.6 Å². The van der Waals surface area contributed by atoms with Crippen LogP contribution in [0, 0.1) is 13.8 Å². The van der Waals surface area contributed by atoms with Crippen molar-refractivity contribution >= 4 is 34.8 Å². The first-order valence-electron chi connectivity index (χ1n) is 16.8. The highest BCUT2D eigenvalue weighted by molar-refractivity contribution is 7.13. The normalized spacial score (nSPS) is 15.3. The highest BCUT2D eigenvalue weighted by Crippen LogP contribution is 2.43. The zero-order valence-electron chi connectivity index (χ0n) is 28.0. The summed E-state index contributed by atoms with van der Waals surface area (Å²) in [7, 11) is 0. The van der Waals surface area contributed by atoms with E-state index in [1.807, 2.05) is 61.7 Å². The molecular weight excluding hydrogens is 649 g/mol. The molecule has 3 aromatic carbocycles. The predicted molar refractivity (Wildman–Crippen MR) is 195 cm³/mol. The zero-order chi connectivity index (χ0) is 34.9. The number of aromatic carboxylic acids is 1. The van der Waals surface area contributed by atoms with Crippen LogP contribution in [0.2, 0.25) is 0 Å². The number of ether oxygens (including phenoxy) is 1. The van der Waals surface area contributed by atoms with Gasteiger partial charge in [-0.3, -0.25) is 9.59 Å². The van der Waals surface area contributed by atoms with Crippen LogP contribution < -0.4 is 15.8 Å². The van der Waals surface area contributed by atoms with Gasteiger partial charge in [0, 0.05) is 52.3 Å². The molecule has 1 fully saturated rings. The van der Waals surface area contributed by atoms with E-state index in [1.54, 1.807) is 40.5 Å². The number of benzene rings is 3. The summed E-state index contributed by atoms with van der Waals surface area (Å²) < 4.78 is 6.20. The number of nitrogens with zero attached hydrogens (tertiary/aromatic N) is 2. The quantitative estimate of drug-likeness (QED) is 0.159. The fraction of sp³-hybridized carbons (Fsp3) is 0.250. The van der Waals surface area contributed by atoms with Crippen LogP contribution in [-0.2, 0) is 13.0 Å². The average Bonchev–Trinajstić information content (AvgIpc) is 3.53. The van der Waals surface area contributed by atoms with Crippen molar-refractivity contribution < 1.29 is 24.2 Å². The molecule has 2 aliphatic rings. The number of hydrogen-bond donors (Lipinski definition) is 3. The summed E-state index contributed by atoms with van der Waals surface area (Å²) in [6.07, 6.45) is 3.36. The number of anilines is 1. The molecule has 1 saturated heterocycles. The number of nitrogens with one attached hydrogen (secondary N) is 1. The first-order valence-corrected chi connectivity index (χ1v) is 17.7. The molecule has 50 heavy (non-hydrogen) atoms. The molecule has 0 spiro atoms. The molecule has 7 rings (SSSR count). The number of likely N-dealkylation sites (tertiary alicyclic amines) is 1. The summed E-state index contributed by atoms with van der Waals surface area (Å²) in [5, 5.41) is 15.6. The first-order chi connectivity index (χ1) is 24.2. The van der Waals surface area contributed by atoms with Gasteiger partial charge in [-0.25, -0.2) is 9.78 Å².